The average molecular weight is 608 g/mol. The van der Waals surface area contributed by atoms with Gasteiger partial charge in [-0.2, -0.15) is 4.31 Å². The maximum Gasteiger partial charge on any atom is 0.264 e. The Balaban J connectivity index is 1.65. The van der Waals surface area contributed by atoms with Gasteiger partial charge in [-0.05, 0) is 61.9 Å². The van der Waals surface area contributed by atoms with Crippen LogP contribution >= 0.6 is 11.6 Å². The second kappa shape index (κ2) is 12.1. The first-order valence-electron chi connectivity index (χ1n) is 12.3. The molecule has 214 valence electrons. The molecule has 40 heavy (non-hydrogen) atoms. The van der Waals surface area contributed by atoms with E-state index in [9.17, 15) is 21.6 Å². The third kappa shape index (κ3) is 6.42. The van der Waals surface area contributed by atoms with Gasteiger partial charge in [-0.1, -0.05) is 35.4 Å². The third-order valence-electron chi connectivity index (χ3n) is 6.37. The van der Waals surface area contributed by atoms with Crippen LogP contribution in [0.15, 0.2) is 70.5 Å². The SMILES string of the molecule is COc1ccc(NC(=O)CN(c2ccc(C)c(Cl)c2)S(=O)(=O)c2ccc(C)cc2)cc1S(=O)(=O)N1CCOCC1. The minimum atomic E-state index is -4.16. The number of nitrogens with zero attached hydrogens (tertiary/aromatic N) is 2. The molecule has 0 radical (unpaired) electrons. The number of aryl methyl sites for hydroxylation is 2. The highest BCUT2D eigenvalue weighted by atomic mass is 35.5. The molecule has 0 aromatic heterocycles. The lowest BCUT2D eigenvalue weighted by Gasteiger charge is -2.27. The zero-order valence-corrected chi connectivity index (χ0v) is 24.6. The fourth-order valence-electron chi connectivity index (χ4n) is 4.10. The van der Waals surface area contributed by atoms with Gasteiger partial charge in [0.1, 0.15) is 17.2 Å². The number of nitrogens with one attached hydrogen (secondary N) is 1. The van der Waals surface area contributed by atoms with Gasteiger partial charge in [-0.3, -0.25) is 9.10 Å². The summed E-state index contributed by atoms with van der Waals surface area (Å²) in [6.07, 6.45) is 0. The summed E-state index contributed by atoms with van der Waals surface area (Å²) < 4.78 is 66.8. The second-order valence-corrected chi connectivity index (χ2v) is 13.4. The summed E-state index contributed by atoms with van der Waals surface area (Å²) in [4.78, 5) is 13.1. The van der Waals surface area contributed by atoms with Crippen molar-refractivity contribution in [1.29, 1.82) is 0 Å². The molecule has 0 saturated carbocycles. The first-order chi connectivity index (χ1) is 18.9. The van der Waals surface area contributed by atoms with Crippen molar-refractivity contribution in [3.8, 4) is 5.75 Å². The van der Waals surface area contributed by atoms with E-state index in [-0.39, 0.29) is 53.2 Å². The zero-order chi connectivity index (χ0) is 29.1. The van der Waals surface area contributed by atoms with Crippen LogP contribution in [-0.4, -0.2) is 67.0 Å². The molecule has 0 aliphatic carbocycles. The summed E-state index contributed by atoms with van der Waals surface area (Å²) >= 11 is 6.29. The van der Waals surface area contributed by atoms with E-state index in [1.807, 2.05) is 6.92 Å². The number of hydrogen-bond acceptors (Lipinski definition) is 7. The summed E-state index contributed by atoms with van der Waals surface area (Å²) in [5.41, 5.74) is 1.99. The van der Waals surface area contributed by atoms with Crippen molar-refractivity contribution >= 4 is 48.9 Å². The fraction of sp³-hybridized carbons (Fsp3) is 0.296. The lowest BCUT2D eigenvalue weighted by molar-refractivity contribution is -0.114. The van der Waals surface area contributed by atoms with E-state index in [1.165, 1.54) is 47.8 Å². The van der Waals surface area contributed by atoms with Crippen LogP contribution in [0.25, 0.3) is 0 Å². The van der Waals surface area contributed by atoms with Crippen LogP contribution in [0.2, 0.25) is 5.02 Å². The van der Waals surface area contributed by atoms with Gasteiger partial charge in [0.25, 0.3) is 10.0 Å². The first-order valence-corrected chi connectivity index (χ1v) is 15.6. The van der Waals surface area contributed by atoms with Gasteiger partial charge < -0.3 is 14.8 Å². The van der Waals surface area contributed by atoms with Gasteiger partial charge in [-0.25, -0.2) is 16.8 Å². The van der Waals surface area contributed by atoms with Gasteiger partial charge in [0.15, 0.2) is 0 Å². The zero-order valence-electron chi connectivity index (χ0n) is 22.3. The van der Waals surface area contributed by atoms with Crippen LogP contribution in [0.4, 0.5) is 11.4 Å². The number of carbonyl (C=O) groups excluding carboxylic acids is 1. The van der Waals surface area contributed by atoms with Gasteiger partial charge in [0.2, 0.25) is 15.9 Å². The van der Waals surface area contributed by atoms with E-state index in [4.69, 9.17) is 21.1 Å². The predicted octanol–water partition coefficient (Wildman–Crippen LogP) is 3.82. The Kier molecular flexibility index (Phi) is 9.06. The van der Waals surface area contributed by atoms with Crippen molar-refractivity contribution in [3.63, 3.8) is 0 Å². The molecule has 10 nitrogen and oxygen atoms in total. The minimum absolute atomic E-state index is 0.00550. The Morgan fingerprint density at radius 2 is 1.68 bits per heavy atom. The highest BCUT2D eigenvalue weighted by Crippen LogP contribution is 2.31. The van der Waals surface area contributed by atoms with Crippen LogP contribution in [0, 0.1) is 13.8 Å². The van der Waals surface area contributed by atoms with Crippen molar-refractivity contribution in [1.82, 2.24) is 4.31 Å². The van der Waals surface area contributed by atoms with Crippen molar-refractivity contribution in [2.24, 2.45) is 0 Å². The molecule has 0 spiro atoms. The van der Waals surface area contributed by atoms with E-state index in [2.05, 4.69) is 5.32 Å². The number of carbonyl (C=O) groups is 1. The highest BCUT2D eigenvalue weighted by molar-refractivity contribution is 7.92. The average Bonchev–Trinajstić information content (AvgIpc) is 2.94. The molecule has 0 bridgehead atoms. The molecule has 0 atom stereocenters. The summed E-state index contributed by atoms with van der Waals surface area (Å²) in [5, 5.41) is 2.97. The monoisotopic (exact) mass is 607 g/mol. The van der Waals surface area contributed by atoms with Crippen molar-refractivity contribution < 1.29 is 31.1 Å². The molecular weight excluding hydrogens is 578 g/mol. The van der Waals surface area contributed by atoms with Crippen LogP contribution in [0.5, 0.6) is 5.75 Å². The second-order valence-electron chi connectivity index (χ2n) is 9.19. The highest BCUT2D eigenvalue weighted by Gasteiger charge is 2.31. The quantitative estimate of drug-likeness (QED) is 0.392. The number of benzene rings is 3. The smallest absolute Gasteiger partial charge is 0.264 e. The molecule has 1 amide bonds. The van der Waals surface area contributed by atoms with E-state index in [0.717, 1.165) is 15.4 Å². The Morgan fingerprint density at radius 3 is 2.30 bits per heavy atom. The Bertz CT molecular complexity index is 1610. The van der Waals surface area contributed by atoms with Crippen LogP contribution in [0.3, 0.4) is 0 Å². The maximum absolute atomic E-state index is 13.7. The normalized spacial score (nSPS) is 14.5. The minimum Gasteiger partial charge on any atom is -0.495 e. The molecule has 1 fully saturated rings. The van der Waals surface area contributed by atoms with E-state index >= 15 is 0 Å². The van der Waals surface area contributed by atoms with Gasteiger partial charge >= 0.3 is 0 Å². The lowest BCUT2D eigenvalue weighted by atomic mass is 10.2. The van der Waals surface area contributed by atoms with Gasteiger partial charge in [-0.15, -0.1) is 0 Å². The summed E-state index contributed by atoms with van der Waals surface area (Å²) in [7, 11) is -6.76. The number of halogens is 1. The Labute approximate surface area is 239 Å². The molecule has 4 rings (SSSR count). The number of methoxy groups -OCH3 is 1. The molecule has 3 aromatic rings. The van der Waals surface area contributed by atoms with Gasteiger partial charge in [0, 0.05) is 23.8 Å². The molecule has 3 aromatic carbocycles. The molecule has 1 saturated heterocycles. The first kappa shape index (κ1) is 29.8. The molecular formula is C27H30ClN3O7S2. The number of anilines is 2. The van der Waals surface area contributed by atoms with Crippen LogP contribution < -0.4 is 14.4 Å². The molecule has 1 aliphatic heterocycles. The molecule has 1 N–H and O–H groups in total. The van der Waals surface area contributed by atoms with Crippen molar-refractivity contribution in [3.05, 3.63) is 76.8 Å². The fourth-order valence-corrected chi connectivity index (χ4v) is 7.28. The number of hydrogen-bond donors (Lipinski definition) is 1. The standard InChI is InChI=1S/C27H30ClN3O7S2/c1-19-4-9-23(10-5-19)39(33,34)31(22-8-6-20(2)24(28)17-22)18-27(32)29-21-7-11-25(37-3)26(16-21)40(35,36)30-12-14-38-15-13-30/h4-11,16-17H,12-15,18H2,1-3H3,(H,29,32). The number of morpholine rings is 1. The third-order valence-corrected chi connectivity index (χ3v) is 10.5. The molecule has 13 heteroatoms. The van der Waals surface area contributed by atoms with Crippen LogP contribution in [0.1, 0.15) is 11.1 Å². The van der Waals surface area contributed by atoms with Crippen molar-refractivity contribution in [2.75, 3.05) is 49.6 Å². The summed E-state index contributed by atoms with van der Waals surface area (Å²) in [6.45, 7) is 3.94. The number of rotatable bonds is 9. The topological polar surface area (TPSA) is 122 Å². The molecule has 0 unspecified atom stereocenters. The van der Waals surface area contributed by atoms with E-state index in [1.54, 1.807) is 31.2 Å². The number of ether oxygens (including phenoxy) is 2. The largest absolute Gasteiger partial charge is 0.495 e. The van der Waals surface area contributed by atoms with Gasteiger partial charge in [0.05, 0.1) is 30.9 Å². The Morgan fingerprint density at radius 1 is 1.00 bits per heavy atom. The van der Waals surface area contributed by atoms with Crippen LogP contribution in [-0.2, 0) is 29.6 Å². The number of sulfonamides is 2. The summed E-state index contributed by atoms with van der Waals surface area (Å²) in [5.74, 6) is -0.574. The summed E-state index contributed by atoms with van der Waals surface area (Å²) in [6, 6.07) is 15.2. The predicted molar refractivity (Wildman–Crippen MR) is 153 cm³/mol. The molecule has 1 heterocycles. The lowest BCUT2D eigenvalue weighted by Crippen LogP contribution is -2.40. The van der Waals surface area contributed by atoms with E-state index in [0.29, 0.717) is 5.02 Å². The molecule has 1 aliphatic rings. The van der Waals surface area contributed by atoms with Crippen molar-refractivity contribution in [2.45, 2.75) is 23.6 Å². The number of amides is 1. The Hall–Kier alpha value is -3.16. The van der Waals surface area contributed by atoms with E-state index < -0.39 is 32.5 Å². The maximum atomic E-state index is 13.7.